The molecule has 138 valence electrons. The van der Waals surface area contributed by atoms with Crippen molar-refractivity contribution in [2.24, 2.45) is 0 Å². The lowest BCUT2D eigenvalue weighted by molar-refractivity contribution is -0.138. The highest BCUT2D eigenvalue weighted by molar-refractivity contribution is 5.79. The molecule has 0 saturated carbocycles. The van der Waals surface area contributed by atoms with Crippen molar-refractivity contribution < 1.29 is 18.0 Å². The van der Waals surface area contributed by atoms with E-state index in [1.54, 1.807) is 11.0 Å². The van der Waals surface area contributed by atoms with Gasteiger partial charge in [-0.3, -0.25) is 9.69 Å². The molecule has 25 heavy (non-hydrogen) atoms. The standard InChI is InChI=1S/C18H24F3N3O/c1-22-8-10-23(11-9-22)15-6-7-24(13-15)17(25)12-14-4-2-3-5-16(14)18(19,20)21/h2-5,15H,6-13H2,1H3. The molecular formula is C18H24F3N3O. The Morgan fingerprint density at radius 3 is 2.48 bits per heavy atom. The van der Waals surface area contributed by atoms with Crippen molar-refractivity contribution in [3.63, 3.8) is 0 Å². The number of hydrogen-bond donors (Lipinski definition) is 0. The van der Waals surface area contributed by atoms with Crippen LogP contribution in [0.25, 0.3) is 0 Å². The maximum Gasteiger partial charge on any atom is 0.416 e. The minimum Gasteiger partial charge on any atom is -0.341 e. The Hall–Kier alpha value is -1.60. The zero-order chi connectivity index (χ0) is 18.0. The summed E-state index contributed by atoms with van der Waals surface area (Å²) in [5.74, 6) is -0.215. The highest BCUT2D eigenvalue weighted by atomic mass is 19.4. The van der Waals surface area contributed by atoms with Crippen LogP contribution < -0.4 is 0 Å². The van der Waals surface area contributed by atoms with Crippen LogP contribution in [0, 0.1) is 0 Å². The molecule has 0 aromatic heterocycles. The molecule has 7 heteroatoms. The van der Waals surface area contributed by atoms with E-state index in [2.05, 4.69) is 16.8 Å². The van der Waals surface area contributed by atoms with E-state index in [0.29, 0.717) is 19.1 Å². The summed E-state index contributed by atoms with van der Waals surface area (Å²) < 4.78 is 39.2. The quantitative estimate of drug-likeness (QED) is 0.831. The lowest BCUT2D eigenvalue weighted by Crippen LogP contribution is -2.50. The monoisotopic (exact) mass is 355 g/mol. The molecule has 3 rings (SSSR count). The molecule has 1 atom stereocenters. The molecule has 2 aliphatic rings. The molecule has 2 heterocycles. The molecule has 1 aromatic rings. The third-order valence-electron chi connectivity index (χ3n) is 5.23. The van der Waals surface area contributed by atoms with Gasteiger partial charge in [-0.2, -0.15) is 13.2 Å². The van der Waals surface area contributed by atoms with Gasteiger partial charge in [-0.05, 0) is 25.1 Å². The lowest BCUT2D eigenvalue weighted by atomic mass is 10.0. The van der Waals surface area contributed by atoms with E-state index in [0.717, 1.165) is 38.7 Å². The fraction of sp³-hybridized carbons (Fsp3) is 0.611. The van der Waals surface area contributed by atoms with Crippen molar-refractivity contribution in [2.75, 3.05) is 46.3 Å². The van der Waals surface area contributed by atoms with Gasteiger partial charge in [0.05, 0.1) is 12.0 Å². The van der Waals surface area contributed by atoms with Crippen LogP contribution in [0.15, 0.2) is 24.3 Å². The molecule has 2 saturated heterocycles. The van der Waals surface area contributed by atoms with Gasteiger partial charge in [0, 0.05) is 45.3 Å². The van der Waals surface area contributed by atoms with Crippen molar-refractivity contribution in [2.45, 2.75) is 25.1 Å². The third kappa shape index (κ3) is 4.33. The molecular weight excluding hydrogens is 331 g/mol. The maximum absolute atomic E-state index is 13.1. The van der Waals surface area contributed by atoms with Gasteiger partial charge in [-0.15, -0.1) is 0 Å². The first-order chi connectivity index (χ1) is 11.8. The second-order valence-electron chi connectivity index (χ2n) is 6.95. The molecule has 1 unspecified atom stereocenters. The van der Waals surface area contributed by atoms with E-state index in [-0.39, 0.29) is 17.9 Å². The van der Waals surface area contributed by atoms with Gasteiger partial charge < -0.3 is 9.80 Å². The van der Waals surface area contributed by atoms with Crippen LogP contribution in [0.5, 0.6) is 0 Å². The first kappa shape index (κ1) is 18.2. The summed E-state index contributed by atoms with van der Waals surface area (Å²) in [6.45, 7) is 5.26. The molecule has 1 amide bonds. The Bertz CT molecular complexity index is 612. The average Bonchev–Trinajstić information content (AvgIpc) is 3.05. The maximum atomic E-state index is 13.1. The van der Waals surface area contributed by atoms with Gasteiger partial charge in [-0.25, -0.2) is 0 Å². The normalized spacial score (nSPS) is 23.2. The highest BCUT2D eigenvalue weighted by Gasteiger charge is 2.35. The number of halogens is 3. The van der Waals surface area contributed by atoms with Crippen molar-refractivity contribution in [1.82, 2.24) is 14.7 Å². The Kier molecular flexibility index (Phi) is 5.34. The predicted molar refractivity (Wildman–Crippen MR) is 89.2 cm³/mol. The summed E-state index contributed by atoms with van der Waals surface area (Å²) in [6, 6.07) is 5.68. The third-order valence-corrected chi connectivity index (χ3v) is 5.23. The summed E-state index contributed by atoms with van der Waals surface area (Å²) in [5, 5.41) is 0. The molecule has 2 fully saturated rings. The lowest BCUT2D eigenvalue weighted by Gasteiger charge is -2.36. The molecule has 4 nitrogen and oxygen atoms in total. The Balaban J connectivity index is 1.60. The van der Waals surface area contributed by atoms with Crippen molar-refractivity contribution >= 4 is 5.91 Å². The van der Waals surface area contributed by atoms with Gasteiger partial charge in [0.1, 0.15) is 0 Å². The van der Waals surface area contributed by atoms with Gasteiger partial charge >= 0.3 is 6.18 Å². The fourth-order valence-corrected chi connectivity index (χ4v) is 3.68. The molecule has 0 aliphatic carbocycles. The Labute approximate surface area is 146 Å². The second kappa shape index (κ2) is 7.33. The fourth-order valence-electron chi connectivity index (χ4n) is 3.68. The topological polar surface area (TPSA) is 26.8 Å². The van der Waals surface area contributed by atoms with Crippen LogP contribution >= 0.6 is 0 Å². The molecule has 0 radical (unpaired) electrons. The second-order valence-corrected chi connectivity index (χ2v) is 6.95. The summed E-state index contributed by atoms with van der Waals surface area (Å²) in [5.41, 5.74) is -0.652. The van der Waals surface area contributed by atoms with E-state index in [4.69, 9.17) is 0 Å². The number of rotatable bonds is 3. The number of amides is 1. The first-order valence-corrected chi connectivity index (χ1v) is 8.70. The molecule has 0 bridgehead atoms. The van der Waals surface area contributed by atoms with Crippen LogP contribution in [-0.4, -0.2) is 73.0 Å². The molecule has 1 aromatic carbocycles. The number of likely N-dealkylation sites (tertiary alicyclic amines) is 1. The van der Waals surface area contributed by atoms with Gasteiger partial charge in [0.15, 0.2) is 0 Å². The average molecular weight is 355 g/mol. The van der Waals surface area contributed by atoms with Crippen LogP contribution in [0.1, 0.15) is 17.5 Å². The van der Waals surface area contributed by atoms with Gasteiger partial charge in [-0.1, -0.05) is 18.2 Å². The minimum atomic E-state index is -4.43. The summed E-state index contributed by atoms with van der Waals surface area (Å²) in [4.78, 5) is 18.9. The smallest absolute Gasteiger partial charge is 0.341 e. The van der Waals surface area contributed by atoms with Crippen molar-refractivity contribution in [3.8, 4) is 0 Å². The predicted octanol–water partition coefficient (Wildman–Crippen LogP) is 2.10. The highest BCUT2D eigenvalue weighted by Crippen LogP contribution is 2.32. The largest absolute Gasteiger partial charge is 0.416 e. The molecule has 0 N–H and O–H groups in total. The number of carbonyl (C=O) groups is 1. The van der Waals surface area contributed by atoms with E-state index < -0.39 is 11.7 Å². The van der Waals surface area contributed by atoms with E-state index >= 15 is 0 Å². The summed E-state index contributed by atoms with van der Waals surface area (Å²) >= 11 is 0. The number of carbonyl (C=O) groups excluding carboxylic acids is 1. The van der Waals surface area contributed by atoms with Crippen LogP contribution in [0.2, 0.25) is 0 Å². The Morgan fingerprint density at radius 1 is 1.12 bits per heavy atom. The zero-order valence-electron chi connectivity index (χ0n) is 14.4. The summed E-state index contributed by atoms with van der Waals surface area (Å²) in [7, 11) is 2.10. The van der Waals surface area contributed by atoms with E-state index in [1.165, 1.54) is 12.1 Å². The van der Waals surface area contributed by atoms with E-state index in [1.807, 2.05) is 0 Å². The van der Waals surface area contributed by atoms with Crippen molar-refractivity contribution in [1.29, 1.82) is 0 Å². The molecule has 2 aliphatic heterocycles. The number of nitrogens with zero attached hydrogens (tertiary/aromatic N) is 3. The number of piperazine rings is 1. The number of likely N-dealkylation sites (N-methyl/N-ethyl adjacent to an activating group) is 1. The van der Waals surface area contributed by atoms with Crippen LogP contribution in [0.4, 0.5) is 13.2 Å². The molecule has 0 spiro atoms. The number of alkyl halides is 3. The van der Waals surface area contributed by atoms with Crippen LogP contribution in [-0.2, 0) is 17.4 Å². The van der Waals surface area contributed by atoms with E-state index in [9.17, 15) is 18.0 Å². The van der Waals surface area contributed by atoms with Gasteiger partial charge in [0.2, 0.25) is 5.91 Å². The number of benzene rings is 1. The SMILES string of the molecule is CN1CCN(C2CCN(C(=O)Cc3ccccc3C(F)(F)F)C2)CC1. The Morgan fingerprint density at radius 2 is 1.80 bits per heavy atom. The summed E-state index contributed by atoms with van der Waals surface area (Å²) in [6.07, 6.45) is -3.72. The number of hydrogen-bond acceptors (Lipinski definition) is 3. The first-order valence-electron chi connectivity index (χ1n) is 8.70. The van der Waals surface area contributed by atoms with Crippen LogP contribution in [0.3, 0.4) is 0 Å². The van der Waals surface area contributed by atoms with Gasteiger partial charge in [0.25, 0.3) is 0 Å². The van der Waals surface area contributed by atoms with Crippen molar-refractivity contribution in [3.05, 3.63) is 35.4 Å². The zero-order valence-corrected chi connectivity index (χ0v) is 14.4. The minimum absolute atomic E-state index is 0.0584.